The molecule has 7 rings (SSSR count). The van der Waals surface area contributed by atoms with Crippen molar-refractivity contribution >= 4 is 34.4 Å². The molecule has 0 unspecified atom stereocenters. The lowest BCUT2D eigenvalue weighted by Crippen LogP contribution is -2.41. The minimum atomic E-state index is -0.433. The molecule has 4 aromatic carbocycles. The molecule has 0 N–H and O–H groups in total. The van der Waals surface area contributed by atoms with Gasteiger partial charge >= 0.3 is 7.12 Å². The zero-order valence-corrected chi connectivity index (χ0v) is 26.7. The third-order valence-electron chi connectivity index (χ3n) is 9.44. The van der Waals surface area contributed by atoms with E-state index in [1.165, 1.54) is 27.4 Å². The number of benzene rings is 4. The highest BCUT2D eigenvalue weighted by atomic mass is 16.7. The molecule has 2 aromatic heterocycles. The summed E-state index contributed by atoms with van der Waals surface area (Å²) in [4.78, 5) is 4.82. The summed E-state index contributed by atoms with van der Waals surface area (Å²) in [5, 5.41) is 2.53. The summed E-state index contributed by atoms with van der Waals surface area (Å²) in [6.07, 6.45) is 1.91. The van der Waals surface area contributed by atoms with Crippen molar-refractivity contribution in [2.45, 2.75) is 65.1 Å². The van der Waals surface area contributed by atoms with E-state index in [1.54, 1.807) is 0 Å². The number of hydrogen-bond acceptors (Lipinski definition) is 3. The summed E-state index contributed by atoms with van der Waals surface area (Å²) in [5.74, 6) is 0. The highest BCUT2D eigenvalue weighted by molar-refractivity contribution is 6.62. The van der Waals surface area contributed by atoms with Gasteiger partial charge in [-0.3, -0.25) is 4.98 Å². The van der Waals surface area contributed by atoms with Gasteiger partial charge in [0.1, 0.15) is 0 Å². The van der Waals surface area contributed by atoms with Crippen LogP contribution in [0.15, 0.2) is 109 Å². The van der Waals surface area contributed by atoms with Crippen molar-refractivity contribution in [3.8, 4) is 28.1 Å². The Balaban J connectivity index is 1.26. The fourth-order valence-corrected chi connectivity index (χ4v) is 6.12. The lowest BCUT2D eigenvalue weighted by atomic mass is 9.74. The molecule has 1 aliphatic rings. The van der Waals surface area contributed by atoms with Crippen molar-refractivity contribution < 1.29 is 9.31 Å². The number of pyridine rings is 1. The SMILES string of the molecule is CC(C)(C)c1cc(B2OC(C)(C)C(C)(C)O2)cc(-c2cc(-c3ccc(-n4c5ccccc5c5ccccc54)cc3)ccn2)c1. The maximum Gasteiger partial charge on any atom is 0.494 e. The Kier molecular flexibility index (Phi) is 6.62. The van der Waals surface area contributed by atoms with E-state index >= 15 is 0 Å². The van der Waals surface area contributed by atoms with Gasteiger partial charge in [-0.15, -0.1) is 0 Å². The number of fused-ring (bicyclic) bond motifs is 3. The first-order valence-electron chi connectivity index (χ1n) is 15.5. The molecule has 0 radical (unpaired) electrons. The van der Waals surface area contributed by atoms with Crippen LogP contribution >= 0.6 is 0 Å². The Morgan fingerprint density at radius 1 is 0.636 bits per heavy atom. The molecule has 0 saturated carbocycles. The van der Waals surface area contributed by atoms with Gasteiger partial charge in [0, 0.05) is 28.2 Å². The van der Waals surface area contributed by atoms with E-state index < -0.39 is 18.3 Å². The standard InChI is InChI=1S/C39H39BN2O2/c1-37(2,3)29-22-28(23-30(25-29)40-43-38(4,5)39(6,7)44-40)34-24-27(20-21-41-34)26-16-18-31(19-17-26)42-35-14-10-8-12-32(35)33-13-9-11-15-36(33)42/h8-25H,1-7H3. The van der Waals surface area contributed by atoms with Crippen LogP contribution in [0.2, 0.25) is 0 Å². The first-order valence-corrected chi connectivity index (χ1v) is 15.5. The number of hydrogen-bond donors (Lipinski definition) is 0. The van der Waals surface area contributed by atoms with Gasteiger partial charge in [0.2, 0.25) is 0 Å². The summed E-state index contributed by atoms with van der Waals surface area (Å²) in [5.41, 5.74) is 9.23. The van der Waals surface area contributed by atoms with Gasteiger partial charge in [0.25, 0.3) is 0 Å². The van der Waals surface area contributed by atoms with Crippen molar-refractivity contribution in [1.29, 1.82) is 0 Å². The Hall–Kier alpha value is -4.19. The second-order valence-electron chi connectivity index (χ2n) is 14.0. The van der Waals surface area contributed by atoms with Crippen LogP contribution < -0.4 is 5.46 Å². The van der Waals surface area contributed by atoms with Crippen molar-refractivity contribution in [3.63, 3.8) is 0 Å². The lowest BCUT2D eigenvalue weighted by molar-refractivity contribution is 0.00578. The highest BCUT2D eigenvalue weighted by Gasteiger charge is 2.51. The maximum absolute atomic E-state index is 6.45. The van der Waals surface area contributed by atoms with Crippen LogP contribution in [-0.2, 0) is 14.7 Å². The fraction of sp³-hybridized carbons (Fsp3) is 0.256. The molecule has 1 fully saturated rings. The Morgan fingerprint density at radius 2 is 1.23 bits per heavy atom. The Morgan fingerprint density at radius 3 is 1.82 bits per heavy atom. The van der Waals surface area contributed by atoms with Crippen LogP contribution in [0.25, 0.3) is 49.9 Å². The van der Waals surface area contributed by atoms with Gasteiger partial charge < -0.3 is 13.9 Å². The molecule has 0 bridgehead atoms. The van der Waals surface area contributed by atoms with Crippen molar-refractivity contribution in [2.24, 2.45) is 0 Å². The van der Waals surface area contributed by atoms with Crippen LogP contribution in [0.3, 0.4) is 0 Å². The average molecular weight is 579 g/mol. The number of para-hydroxylation sites is 2. The Bertz CT molecular complexity index is 1950. The summed E-state index contributed by atoms with van der Waals surface area (Å²) in [6.45, 7) is 15.1. The van der Waals surface area contributed by atoms with Crippen molar-refractivity contribution in [2.75, 3.05) is 0 Å². The monoisotopic (exact) mass is 578 g/mol. The van der Waals surface area contributed by atoms with E-state index in [2.05, 4.69) is 156 Å². The highest BCUT2D eigenvalue weighted by Crippen LogP contribution is 2.38. The normalized spacial score (nSPS) is 16.2. The molecule has 0 aliphatic carbocycles. The largest absolute Gasteiger partial charge is 0.494 e. The second kappa shape index (κ2) is 10.2. The number of rotatable bonds is 4. The molecule has 0 spiro atoms. The van der Waals surface area contributed by atoms with E-state index in [0.717, 1.165) is 33.5 Å². The molecular formula is C39H39BN2O2. The van der Waals surface area contributed by atoms with Gasteiger partial charge in [-0.1, -0.05) is 81.4 Å². The predicted molar refractivity (Wildman–Crippen MR) is 184 cm³/mol. The fourth-order valence-electron chi connectivity index (χ4n) is 6.12. The topological polar surface area (TPSA) is 36.3 Å². The zero-order chi connectivity index (χ0) is 30.9. The van der Waals surface area contributed by atoms with Gasteiger partial charge in [-0.25, -0.2) is 0 Å². The van der Waals surface area contributed by atoms with Gasteiger partial charge in [-0.05, 0) is 97.7 Å². The molecule has 0 atom stereocenters. The quantitative estimate of drug-likeness (QED) is 0.196. The molecule has 6 aromatic rings. The molecule has 1 aliphatic heterocycles. The first kappa shape index (κ1) is 28.6. The summed E-state index contributed by atoms with van der Waals surface area (Å²) >= 11 is 0. The van der Waals surface area contributed by atoms with E-state index in [9.17, 15) is 0 Å². The molecule has 4 nitrogen and oxygen atoms in total. The molecule has 5 heteroatoms. The van der Waals surface area contributed by atoms with Crippen LogP contribution in [0.1, 0.15) is 54.0 Å². The Labute approximate surface area is 260 Å². The molecule has 44 heavy (non-hydrogen) atoms. The molecule has 0 amide bonds. The minimum Gasteiger partial charge on any atom is -0.399 e. The molecule has 3 heterocycles. The van der Waals surface area contributed by atoms with Gasteiger partial charge in [0.05, 0.1) is 27.9 Å². The average Bonchev–Trinajstić information content (AvgIpc) is 3.46. The van der Waals surface area contributed by atoms with Gasteiger partial charge in [0.15, 0.2) is 0 Å². The van der Waals surface area contributed by atoms with Crippen LogP contribution in [0.4, 0.5) is 0 Å². The van der Waals surface area contributed by atoms with Crippen molar-refractivity contribution in [3.05, 3.63) is 115 Å². The smallest absolute Gasteiger partial charge is 0.399 e. The van der Waals surface area contributed by atoms with E-state index in [-0.39, 0.29) is 5.41 Å². The summed E-state index contributed by atoms with van der Waals surface area (Å²) in [7, 11) is -0.433. The predicted octanol–water partition coefficient (Wildman–Crippen LogP) is 9.11. The van der Waals surface area contributed by atoms with Crippen molar-refractivity contribution in [1.82, 2.24) is 9.55 Å². The molecular weight excluding hydrogens is 539 g/mol. The number of nitrogens with zero attached hydrogens (tertiary/aromatic N) is 2. The third kappa shape index (κ3) is 4.85. The van der Waals surface area contributed by atoms with Crippen LogP contribution in [-0.4, -0.2) is 27.9 Å². The summed E-state index contributed by atoms with van der Waals surface area (Å²) in [6, 6.07) is 37.0. The molecule has 1 saturated heterocycles. The maximum atomic E-state index is 6.45. The summed E-state index contributed by atoms with van der Waals surface area (Å²) < 4.78 is 15.3. The number of aromatic nitrogens is 2. The minimum absolute atomic E-state index is 0.0470. The van der Waals surface area contributed by atoms with E-state index in [0.29, 0.717) is 0 Å². The molecule has 220 valence electrons. The zero-order valence-electron chi connectivity index (χ0n) is 26.7. The van der Waals surface area contributed by atoms with E-state index in [1.807, 2.05) is 6.20 Å². The van der Waals surface area contributed by atoms with E-state index in [4.69, 9.17) is 14.3 Å². The van der Waals surface area contributed by atoms with Crippen LogP contribution in [0.5, 0.6) is 0 Å². The first-order chi connectivity index (χ1) is 20.9. The third-order valence-corrected chi connectivity index (χ3v) is 9.44. The van der Waals surface area contributed by atoms with Crippen LogP contribution in [0, 0.1) is 0 Å². The second-order valence-corrected chi connectivity index (χ2v) is 14.0. The van der Waals surface area contributed by atoms with Gasteiger partial charge in [-0.2, -0.15) is 0 Å². The lowest BCUT2D eigenvalue weighted by Gasteiger charge is -2.32.